The lowest BCUT2D eigenvalue weighted by atomic mass is 9.85. The van der Waals surface area contributed by atoms with Crippen molar-refractivity contribution in [2.45, 2.75) is 80.6 Å². The number of carbonyl (C=O) groups is 2. The highest BCUT2D eigenvalue weighted by atomic mass is 16.6. The maximum atomic E-state index is 13.8. The third kappa shape index (κ3) is 4.09. The third-order valence-corrected chi connectivity index (χ3v) is 8.86. The van der Waals surface area contributed by atoms with Gasteiger partial charge in [-0.1, -0.05) is 39.0 Å². The number of aromatic nitrogens is 2. The largest absolute Gasteiger partial charge is 0.457 e. The van der Waals surface area contributed by atoms with E-state index in [1.165, 1.54) is 0 Å². The molecule has 0 saturated heterocycles. The zero-order chi connectivity index (χ0) is 29.8. The van der Waals surface area contributed by atoms with Crippen LogP contribution in [-0.2, 0) is 33.0 Å². The van der Waals surface area contributed by atoms with Gasteiger partial charge in [-0.3, -0.25) is 4.79 Å². The van der Waals surface area contributed by atoms with Gasteiger partial charge in [0.2, 0.25) is 5.60 Å². The summed E-state index contributed by atoms with van der Waals surface area (Å²) >= 11 is 0. The molecule has 0 bridgehead atoms. The van der Waals surface area contributed by atoms with E-state index < -0.39 is 17.5 Å². The Hall–Kier alpha value is -4.26. The van der Waals surface area contributed by atoms with Gasteiger partial charge in [-0.25, -0.2) is 14.6 Å². The number of ether oxygens (including phenoxy) is 2. The van der Waals surface area contributed by atoms with Crippen molar-refractivity contribution < 1.29 is 19.1 Å². The van der Waals surface area contributed by atoms with E-state index in [2.05, 4.69) is 0 Å². The minimum Gasteiger partial charge on any atom is -0.457 e. The molecule has 1 atom stereocenters. The number of para-hydroxylation sites is 1. The monoisotopic (exact) mass is 552 g/mol. The molecule has 4 heterocycles. The van der Waals surface area contributed by atoms with Crippen molar-refractivity contribution in [1.82, 2.24) is 9.55 Å². The van der Waals surface area contributed by atoms with Gasteiger partial charge in [0, 0.05) is 16.5 Å². The summed E-state index contributed by atoms with van der Waals surface area (Å²) in [5.74, 6) is -1.27. The first-order valence-electron chi connectivity index (χ1n) is 14.2. The molecule has 2 aromatic carbocycles. The van der Waals surface area contributed by atoms with Crippen molar-refractivity contribution in [2.24, 2.45) is 0 Å². The van der Waals surface area contributed by atoms with Crippen LogP contribution in [-0.4, -0.2) is 21.5 Å². The van der Waals surface area contributed by atoms with E-state index in [9.17, 15) is 14.4 Å². The van der Waals surface area contributed by atoms with E-state index in [4.69, 9.17) is 14.5 Å². The van der Waals surface area contributed by atoms with Gasteiger partial charge in [0.15, 0.2) is 0 Å². The summed E-state index contributed by atoms with van der Waals surface area (Å²) in [4.78, 5) is 45.9. The molecular weight excluding hydrogens is 516 g/mol. The standard InChI is InChI=1S/C32H30N2O5.C2H6/c1-7-32(39-30(36)27-19(5)17(3)16(2)18(4)20(27)6)24-13-26-28-22(12-21-10-8-9-11-25(21)33-28)14-34(26)29(35)23(24)15-38-31(32)37;1-2/h8-13H,7,14-15H2,1-6H3;1-2H3/t32-;/m0./s1. The van der Waals surface area contributed by atoms with Gasteiger partial charge in [0.25, 0.3) is 5.56 Å². The van der Waals surface area contributed by atoms with Gasteiger partial charge >= 0.3 is 11.9 Å². The Kier molecular flexibility index (Phi) is 7.10. The molecule has 0 N–H and O–H groups in total. The molecule has 0 spiro atoms. The normalized spacial score (nSPS) is 16.7. The van der Waals surface area contributed by atoms with Crippen LogP contribution in [0.1, 0.15) is 82.1 Å². The van der Waals surface area contributed by atoms with E-state index in [-0.39, 0.29) is 18.6 Å². The average molecular weight is 553 g/mol. The molecule has 0 amide bonds. The molecule has 7 heteroatoms. The molecule has 0 saturated carbocycles. The molecule has 4 aromatic rings. The molecule has 41 heavy (non-hydrogen) atoms. The molecule has 0 unspecified atom stereocenters. The van der Waals surface area contributed by atoms with E-state index in [1.807, 2.05) is 78.8 Å². The van der Waals surface area contributed by atoms with Crippen LogP contribution in [0.15, 0.2) is 41.2 Å². The highest BCUT2D eigenvalue weighted by Gasteiger charge is 2.51. The number of rotatable bonds is 3. The van der Waals surface area contributed by atoms with Crippen molar-refractivity contribution in [2.75, 3.05) is 0 Å². The first-order valence-corrected chi connectivity index (χ1v) is 14.2. The smallest absolute Gasteiger partial charge is 0.355 e. The molecule has 0 fully saturated rings. The zero-order valence-electron chi connectivity index (χ0n) is 25.0. The molecule has 2 aliphatic heterocycles. The predicted molar refractivity (Wildman–Crippen MR) is 159 cm³/mol. The van der Waals surface area contributed by atoms with Crippen molar-refractivity contribution in [1.29, 1.82) is 0 Å². The number of esters is 2. The van der Waals surface area contributed by atoms with E-state index >= 15 is 0 Å². The SMILES string of the molecule is CC.CC[C@@]1(OC(=O)c2c(C)c(C)c(C)c(C)c2C)C(=O)OCc2c1cc1n(c2=O)Cc2cc3ccccc3nc2-1. The van der Waals surface area contributed by atoms with Gasteiger partial charge in [-0.2, -0.15) is 0 Å². The number of nitrogens with zero attached hydrogens (tertiary/aromatic N) is 2. The third-order valence-electron chi connectivity index (χ3n) is 8.86. The first-order chi connectivity index (χ1) is 19.6. The molecule has 2 aromatic heterocycles. The Labute approximate surface area is 240 Å². The van der Waals surface area contributed by atoms with Crippen LogP contribution in [0.2, 0.25) is 0 Å². The van der Waals surface area contributed by atoms with Crippen molar-refractivity contribution >= 4 is 22.8 Å². The minimum absolute atomic E-state index is 0.118. The summed E-state index contributed by atoms with van der Waals surface area (Å²) in [5, 5.41) is 0.992. The van der Waals surface area contributed by atoms with E-state index in [1.54, 1.807) is 17.6 Å². The fraction of sp³-hybridized carbons (Fsp3) is 0.353. The van der Waals surface area contributed by atoms with E-state index in [0.29, 0.717) is 34.6 Å². The Morgan fingerprint density at radius 1 is 0.976 bits per heavy atom. The fourth-order valence-corrected chi connectivity index (χ4v) is 6.10. The highest BCUT2D eigenvalue weighted by Crippen LogP contribution is 2.42. The maximum absolute atomic E-state index is 13.8. The molecule has 7 nitrogen and oxygen atoms in total. The van der Waals surface area contributed by atoms with Gasteiger partial charge in [0.1, 0.15) is 6.61 Å². The van der Waals surface area contributed by atoms with Gasteiger partial charge < -0.3 is 14.0 Å². The molecule has 2 aliphatic rings. The number of benzene rings is 2. The second kappa shape index (κ2) is 10.3. The average Bonchev–Trinajstić information content (AvgIpc) is 3.34. The Bertz CT molecular complexity index is 1790. The summed E-state index contributed by atoms with van der Waals surface area (Å²) in [5.41, 5.74) is 6.96. The van der Waals surface area contributed by atoms with Crippen LogP contribution in [0.25, 0.3) is 22.3 Å². The minimum atomic E-state index is -1.75. The van der Waals surface area contributed by atoms with Crippen LogP contribution in [0.5, 0.6) is 0 Å². The van der Waals surface area contributed by atoms with E-state index in [0.717, 1.165) is 44.3 Å². The highest BCUT2D eigenvalue weighted by molar-refractivity contribution is 5.97. The summed E-state index contributed by atoms with van der Waals surface area (Å²) < 4.78 is 13.3. The molecule has 6 rings (SSSR count). The molecule has 0 aliphatic carbocycles. The van der Waals surface area contributed by atoms with Crippen molar-refractivity contribution in [3.05, 3.63) is 96.8 Å². The number of pyridine rings is 2. The van der Waals surface area contributed by atoms with Crippen LogP contribution < -0.4 is 5.56 Å². The van der Waals surface area contributed by atoms with Crippen LogP contribution >= 0.6 is 0 Å². The number of cyclic esters (lactones) is 1. The second-order valence-electron chi connectivity index (χ2n) is 10.6. The van der Waals surface area contributed by atoms with Gasteiger partial charge in [0.05, 0.1) is 34.6 Å². The van der Waals surface area contributed by atoms with Crippen LogP contribution in [0.3, 0.4) is 0 Å². The topological polar surface area (TPSA) is 87.5 Å². The summed E-state index contributed by atoms with van der Waals surface area (Å²) in [6, 6.07) is 11.6. The Morgan fingerprint density at radius 3 is 2.27 bits per heavy atom. The lowest BCUT2D eigenvalue weighted by molar-refractivity contribution is -0.173. The van der Waals surface area contributed by atoms with Crippen molar-refractivity contribution in [3.8, 4) is 11.4 Å². The lowest BCUT2D eigenvalue weighted by Crippen LogP contribution is -2.47. The van der Waals surface area contributed by atoms with Crippen LogP contribution in [0, 0.1) is 34.6 Å². The summed E-state index contributed by atoms with van der Waals surface area (Å²) in [6.45, 7) is 15.7. The number of fused-ring (bicyclic) bond motifs is 5. The predicted octanol–water partition coefficient (Wildman–Crippen LogP) is 6.51. The Balaban J connectivity index is 0.00000165. The summed E-state index contributed by atoms with van der Waals surface area (Å²) in [6.07, 6.45) is 0.118. The fourth-order valence-electron chi connectivity index (χ4n) is 6.10. The molecular formula is C34H36N2O5. The van der Waals surface area contributed by atoms with Gasteiger partial charge in [-0.15, -0.1) is 0 Å². The molecule has 212 valence electrons. The number of hydrogen-bond acceptors (Lipinski definition) is 6. The second-order valence-corrected chi connectivity index (χ2v) is 10.6. The summed E-state index contributed by atoms with van der Waals surface area (Å²) in [7, 11) is 0. The lowest BCUT2D eigenvalue weighted by Gasteiger charge is -2.36. The van der Waals surface area contributed by atoms with Crippen LogP contribution in [0.4, 0.5) is 0 Å². The quantitative estimate of drug-likeness (QED) is 0.237. The first kappa shape index (κ1) is 28.3. The zero-order valence-corrected chi connectivity index (χ0v) is 25.0. The Morgan fingerprint density at radius 2 is 1.61 bits per heavy atom. The number of carbonyl (C=O) groups excluding carboxylic acids is 2. The number of hydrogen-bond donors (Lipinski definition) is 0. The molecule has 0 radical (unpaired) electrons. The maximum Gasteiger partial charge on any atom is 0.355 e. The van der Waals surface area contributed by atoms with Gasteiger partial charge in [-0.05, 0) is 87.1 Å². The van der Waals surface area contributed by atoms with Crippen molar-refractivity contribution in [3.63, 3.8) is 0 Å².